The molecule has 0 heterocycles. The van der Waals surface area contributed by atoms with Gasteiger partial charge in [-0.25, -0.2) is 13.1 Å². The monoisotopic (exact) mass is 257 g/mol. The van der Waals surface area contributed by atoms with E-state index >= 15 is 0 Å². The number of hydrogen-bond donors (Lipinski definition) is 1. The van der Waals surface area contributed by atoms with Gasteiger partial charge in [-0.2, -0.15) is 0 Å². The summed E-state index contributed by atoms with van der Waals surface area (Å²) in [4.78, 5) is 0. The Balaban J connectivity index is 2.34. The van der Waals surface area contributed by atoms with Crippen molar-refractivity contribution in [2.45, 2.75) is 26.0 Å². The number of rotatable bonds is 7. The Morgan fingerprint density at radius 1 is 1.29 bits per heavy atom. The minimum atomic E-state index is -3.16. The Labute approximate surface area is 103 Å². The molecule has 5 heteroatoms. The summed E-state index contributed by atoms with van der Waals surface area (Å²) in [7, 11) is -3.16. The van der Waals surface area contributed by atoms with Gasteiger partial charge in [0.05, 0.1) is 19.5 Å². The third-order valence-corrected chi connectivity index (χ3v) is 3.07. The molecule has 0 aliphatic heterocycles. The highest BCUT2D eigenvalue weighted by Gasteiger charge is 2.11. The zero-order valence-electron chi connectivity index (χ0n) is 10.2. The van der Waals surface area contributed by atoms with Crippen LogP contribution >= 0.6 is 0 Å². The van der Waals surface area contributed by atoms with Gasteiger partial charge in [0.2, 0.25) is 10.0 Å². The highest BCUT2D eigenvalue weighted by molar-refractivity contribution is 7.88. The van der Waals surface area contributed by atoms with E-state index in [0.717, 1.165) is 11.8 Å². The molecule has 4 nitrogen and oxygen atoms in total. The maximum absolute atomic E-state index is 11.1. The molecule has 1 aromatic carbocycles. The number of sulfonamides is 1. The van der Waals surface area contributed by atoms with Crippen molar-refractivity contribution >= 4 is 10.0 Å². The quantitative estimate of drug-likeness (QED) is 0.806. The molecule has 1 aromatic rings. The second-order valence-corrected chi connectivity index (χ2v) is 5.78. The normalized spacial score (nSPS) is 13.5. The molecule has 17 heavy (non-hydrogen) atoms. The summed E-state index contributed by atoms with van der Waals surface area (Å²) < 4.78 is 30.2. The molecule has 0 saturated heterocycles. The first kappa shape index (κ1) is 14.2. The Hall–Kier alpha value is -0.910. The van der Waals surface area contributed by atoms with E-state index in [9.17, 15) is 8.42 Å². The Bertz CT molecular complexity index is 417. The molecule has 0 aliphatic rings. The first-order valence-corrected chi connectivity index (χ1v) is 7.49. The summed E-state index contributed by atoms with van der Waals surface area (Å²) in [6.07, 6.45) is 1.87. The van der Waals surface area contributed by atoms with Crippen LogP contribution in [0.5, 0.6) is 0 Å². The van der Waals surface area contributed by atoms with Crippen molar-refractivity contribution in [3.05, 3.63) is 35.9 Å². The fourth-order valence-electron chi connectivity index (χ4n) is 1.43. The maximum Gasteiger partial charge on any atom is 0.209 e. The molecule has 0 aromatic heterocycles. The lowest BCUT2D eigenvalue weighted by Gasteiger charge is -2.15. The fourth-order valence-corrected chi connectivity index (χ4v) is 2.27. The number of nitrogens with one attached hydrogen (secondary N) is 1. The minimum Gasteiger partial charge on any atom is -0.375 e. The lowest BCUT2D eigenvalue weighted by molar-refractivity contribution is 0.103. The van der Waals surface area contributed by atoms with Crippen molar-refractivity contribution in [3.63, 3.8) is 0 Å². The minimum absolute atomic E-state index is 0.159. The average molecular weight is 257 g/mol. The zero-order chi connectivity index (χ0) is 12.7. The van der Waals surface area contributed by atoms with Crippen LogP contribution in [0.2, 0.25) is 0 Å². The first-order chi connectivity index (χ1) is 8.01. The molecule has 0 spiro atoms. The van der Waals surface area contributed by atoms with Gasteiger partial charge < -0.3 is 4.74 Å². The molecule has 0 bridgehead atoms. The van der Waals surface area contributed by atoms with Crippen LogP contribution < -0.4 is 4.72 Å². The van der Waals surface area contributed by atoms with Gasteiger partial charge >= 0.3 is 0 Å². The standard InChI is InChI=1S/C12H19NO3S/c1-3-12(13-17(2,14)15)10-16-9-11-7-5-4-6-8-11/h4-8,12-13H,3,9-10H2,1-2H3/t12-/m0/s1. The van der Waals surface area contributed by atoms with Crippen LogP contribution in [0.15, 0.2) is 30.3 Å². The van der Waals surface area contributed by atoms with Crippen molar-refractivity contribution < 1.29 is 13.2 Å². The SMILES string of the molecule is CC[C@@H](COCc1ccccc1)NS(C)(=O)=O. The summed E-state index contributed by atoms with van der Waals surface area (Å²) in [6, 6.07) is 9.64. The first-order valence-electron chi connectivity index (χ1n) is 5.60. The van der Waals surface area contributed by atoms with Crippen LogP contribution in [0, 0.1) is 0 Å². The van der Waals surface area contributed by atoms with Gasteiger partial charge in [0.15, 0.2) is 0 Å². The van der Waals surface area contributed by atoms with Gasteiger partial charge in [0.25, 0.3) is 0 Å². The lowest BCUT2D eigenvalue weighted by Crippen LogP contribution is -2.36. The lowest BCUT2D eigenvalue weighted by atomic mass is 10.2. The van der Waals surface area contributed by atoms with Crippen LogP contribution in [0.25, 0.3) is 0 Å². The largest absolute Gasteiger partial charge is 0.375 e. The fraction of sp³-hybridized carbons (Fsp3) is 0.500. The van der Waals surface area contributed by atoms with E-state index in [2.05, 4.69) is 4.72 Å². The topological polar surface area (TPSA) is 55.4 Å². The smallest absolute Gasteiger partial charge is 0.209 e. The van der Waals surface area contributed by atoms with E-state index in [1.54, 1.807) is 0 Å². The van der Waals surface area contributed by atoms with E-state index in [1.165, 1.54) is 0 Å². The predicted molar refractivity (Wildman–Crippen MR) is 68.2 cm³/mol. The Kier molecular flexibility index (Phi) is 5.61. The molecule has 0 saturated carbocycles. The van der Waals surface area contributed by atoms with Gasteiger partial charge in [-0.15, -0.1) is 0 Å². The van der Waals surface area contributed by atoms with Gasteiger partial charge in [0, 0.05) is 6.04 Å². The second-order valence-electron chi connectivity index (χ2n) is 4.00. The van der Waals surface area contributed by atoms with E-state index in [4.69, 9.17) is 4.74 Å². The van der Waals surface area contributed by atoms with Gasteiger partial charge in [-0.3, -0.25) is 0 Å². The molecule has 0 radical (unpaired) electrons. The number of ether oxygens (including phenoxy) is 1. The van der Waals surface area contributed by atoms with Crippen LogP contribution in [0.1, 0.15) is 18.9 Å². The molecule has 0 fully saturated rings. The number of benzene rings is 1. The van der Waals surface area contributed by atoms with Crippen molar-refractivity contribution in [1.82, 2.24) is 4.72 Å². The molecule has 0 amide bonds. The summed E-state index contributed by atoms with van der Waals surface area (Å²) >= 11 is 0. The summed E-state index contributed by atoms with van der Waals surface area (Å²) in [6.45, 7) is 2.82. The van der Waals surface area contributed by atoms with Crippen molar-refractivity contribution in [1.29, 1.82) is 0 Å². The Morgan fingerprint density at radius 3 is 2.47 bits per heavy atom. The van der Waals surface area contributed by atoms with Crippen LogP contribution in [-0.4, -0.2) is 27.3 Å². The second kappa shape index (κ2) is 6.74. The molecule has 0 aliphatic carbocycles. The number of hydrogen-bond acceptors (Lipinski definition) is 3. The molecular formula is C12H19NO3S. The molecule has 1 rings (SSSR count). The van der Waals surface area contributed by atoms with E-state index in [-0.39, 0.29) is 6.04 Å². The van der Waals surface area contributed by atoms with Crippen LogP contribution in [0.3, 0.4) is 0 Å². The van der Waals surface area contributed by atoms with E-state index in [0.29, 0.717) is 19.6 Å². The highest BCUT2D eigenvalue weighted by atomic mass is 32.2. The third-order valence-electron chi connectivity index (χ3n) is 2.30. The highest BCUT2D eigenvalue weighted by Crippen LogP contribution is 2.02. The molecule has 96 valence electrons. The van der Waals surface area contributed by atoms with E-state index in [1.807, 2.05) is 37.3 Å². The van der Waals surface area contributed by atoms with E-state index < -0.39 is 10.0 Å². The van der Waals surface area contributed by atoms with Crippen molar-refractivity contribution in [2.24, 2.45) is 0 Å². The average Bonchev–Trinajstić information content (AvgIpc) is 2.27. The van der Waals surface area contributed by atoms with Crippen LogP contribution in [0.4, 0.5) is 0 Å². The molecule has 0 unspecified atom stereocenters. The summed E-state index contributed by atoms with van der Waals surface area (Å²) in [5.41, 5.74) is 1.08. The zero-order valence-corrected chi connectivity index (χ0v) is 11.0. The summed E-state index contributed by atoms with van der Waals surface area (Å²) in [5.74, 6) is 0. The molecular weight excluding hydrogens is 238 g/mol. The third kappa shape index (κ3) is 6.41. The van der Waals surface area contributed by atoms with Crippen LogP contribution in [-0.2, 0) is 21.4 Å². The molecule has 1 atom stereocenters. The van der Waals surface area contributed by atoms with Gasteiger partial charge in [-0.05, 0) is 12.0 Å². The van der Waals surface area contributed by atoms with Crippen molar-refractivity contribution in [3.8, 4) is 0 Å². The van der Waals surface area contributed by atoms with Crippen molar-refractivity contribution in [2.75, 3.05) is 12.9 Å². The maximum atomic E-state index is 11.1. The van der Waals surface area contributed by atoms with Gasteiger partial charge in [0.1, 0.15) is 0 Å². The predicted octanol–water partition coefficient (Wildman–Crippen LogP) is 1.53. The summed E-state index contributed by atoms with van der Waals surface area (Å²) in [5, 5.41) is 0. The van der Waals surface area contributed by atoms with Gasteiger partial charge in [-0.1, -0.05) is 37.3 Å². The Morgan fingerprint density at radius 2 is 1.94 bits per heavy atom. The molecule has 1 N–H and O–H groups in total.